The number of ether oxygens (including phenoxy) is 1. The van der Waals surface area contributed by atoms with Gasteiger partial charge in [-0.1, -0.05) is 19.3 Å². The highest BCUT2D eigenvalue weighted by molar-refractivity contribution is 14.1. The Balaban J connectivity index is 3.55. The number of rotatable bonds is 4. The normalized spacial score (nSPS) is 8.75. The SMILES string of the molecule is C#CCOC(=O)N(I)CCCC. The van der Waals surface area contributed by atoms with Crippen molar-refractivity contribution in [3.8, 4) is 12.3 Å². The van der Waals surface area contributed by atoms with Crippen molar-refractivity contribution in [2.24, 2.45) is 0 Å². The van der Waals surface area contributed by atoms with Crippen LogP contribution in [0.25, 0.3) is 0 Å². The summed E-state index contributed by atoms with van der Waals surface area (Å²) in [5.74, 6) is 2.24. The fourth-order valence-corrected chi connectivity index (χ4v) is 1.04. The Morgan fingerprint density at radius 1 is 1.75 bits per heavy atom. The van der Waals surface area contributed by atoms with Crippen LogP contribution in [0.2, 0.25) is 0 Å². The van der Waals surface area contributed by atoms with Gasteiger partial charge in [0.05, 0.1) is 22.9 Å². The average Bonchev–Trinajstić information content (AvgIpc) is 2.10. The molecule has 0 aliphatic heterocycles. The molecule has 0 N–H and O–H groups in total. The summed E-state index contributed by atoms with van der Waals surface area (Å²) in [7, 11) is 0. The molecule has 1 amide bonds. The lowest BCUT2D eigenvalue weighted by Gasteiger charge is -2.12. The second kappa shape index (κ2) is 7.22. The molecule has 0 aliphatic rings. The lowest BCUT2D eigenvalue weighted by atomic mass is 10.3. The van der Waals surface area contributed by atoms with E-state index in [9.17, 15) is 4.79 Å². The Labute approximate surface area is 86.9 Å². The first-order chi connectivity index (χ1) is 5.72. The summed E-state index contributed by atoms with van der Waals surface area (Å²) in [6.07, 6.45) is 6.61. The third-order valence-electron chi connectivity index (χ3n) is 1.19. The molecule has 0 bridgehead atoms. The Kier molecular flexibility index (Phi) is 6.96. The van der Waals surface area contributed by atoms with E-state index in [0.717, 1.165) is 12.8 Å². The predicted octanol–water partition coefficient (Wildman–Crippen LogP) is 2.21. The molecule has 0 unspecified atom stereocenters. The van der Waals surface area contributed by atoms with Gasteiger partial charge in [-0.05, 0) is 6.42 Å². The molecule has 0 saturated heterocycles. The molecule has 0 saturated carbocycles. The fourth-order valence-electron chi connectivity index (χ4n) is 0.562. The van der Waals surface area contributed by atoms with Crippen LogP contribution in [0.15, 0.2) is 0 Å². The molecule has 0 aliphatic carbocycles. The molecule has 0 aromatic rings. The molecule has 0 aromatic carbocycles. The van der Waals surface area contributed by atoms with E-state index in [1.807, 2.05) is 22.9 Å². The summed E-state index contributed by atoms with van der Waals surface area (Å²) in [5, 5.41) is 0. The zero-order valence-corrected chi connectivity index (χ0v) is 9.20. The van der Waals surface area contributed by atoms with Gasteiger partial charge in [0.15, 0.2) is 6.61 Å². The van der Waals surface area contributed by atoms with Crippen LogP contribution in [-0.4, -0.2) is 22.4 Å². The monoisotopic (exact) mass is 281 g/mol. The van der Waals surface area contributed by atoms with E-state index in [1.165, 1.54) is 3.11 Å². The third kappa shape index (κ3) is 5.24. The molecule has 3 nitrogen and oxygen atoms in total. The fraction of sp³-hybridized carbons (Fsp3) is 0.625. The van der Waals surface area contributed by atoms with Gasteiger partial charge in [-0.25, -0.2) is 7.91 Å². The van der Waals surface area contributed by atoms with Gasteiger partial charge in [0.1, 0.15) is 0 Å². The van der Waals surface area contributed by atoms with E-state index in [0.29, 0.717) is 6.54 Å². The first kappa shape index (κ1) is 11.6. The van der Waals surface area contributed by atoms with E-state index in [4.69, 9.17) is 11.2 Å². The molecule has 0 aromatic heterocycles. The molecule has 12 heavy (non-hydrogen) atoms. The van der Waals surface area contributed by atoms with Crippen molar-refractivity contribution < 1.29 is 9.53 Å². The minimum Gasteiger partial charge on any atom is -0.436 e. The van der Waals surface area contributed by atoms with E-state index in [-0.39, 0.29) is 12.7 Å². The molecule has 0 radical (unpaired) electrons. The van der Waals surface area contributed by atoms with E-state index in [2.05, 4.69) is 12.8 Å². The molecular weight excluding hydrogens is 269 g/mol. The van der Waals surface area contributed by atoms with Crippen molar-refractivity contribution in [1.82, 2.24) is 3.11 Å². The predicted molar refractivity (Wildman–Crippen MR) is 55.8 cm³/mol. The molecule has 0 fully saturated rings. The minimum atomic E-state index is -0.359. The molecule has 0 atom stereocenters. The number of carbonyl (C=O) groups excluding carboxylic acids is 1. The largest absolute Gasteiger partial charge is 0.436 e. The highest BCUT2D eigenvalue weighted by Crippen LogP contribution is 2.04. The van der Waals surface area contributed by atoms with Gasteiger partial charge in [0, 0.05) is 6.54 Å². The lowest BCUT2D eigenvalue weighted by molar-refractivity contribution is 0.145. The van der Waals surface area contributed by atoms with Gasteiger partial charge in [0.25, 0.3) is 0 Å². The Morgan fingerprint density at radius 2 is 2.42 bits per heavy atom. The molecular formula is C8H12INO2. The van der Waals surface area contributed by atoms with Crippen LogP contribution < -0.4 is 0 Å². The van der Waals surface area contributed by atoms with Crippen LogP contribution >= 0.6 is 22.9 Å². The number of halogens is 1. The maximum atomic E-state index is 11.0. The maximum absolute atomic E-state index is 11.0. The van der Waals surface area contributed by atoms with E-state index in [1.54, 1.807) is 0 Å². The van der Waals surface area contributed by atoms with Gasteiger partial charge < -0.3 is 4.74 Å². The van der Waals surface area contributed by atoms with Crippen LogP contribution in [0.3, 0.4) is 0 Å². The van der Waals surface area contributed by atoms with Crippen molar-refractivity contribution >= 4 is 29.0 Å². The van der Waals surface area contributed by atoms with E-state index < -0.39 is 0 Å². The molecule has 4 heteroatoms. The van der Waals surface area contributed by atoms with Crippen molar-refractivity contribution in [1.29, 1.82) is 0 Å². The summed E-state index contributed by atoms with van der Waals surface area (Å²) in [5.41, 5.74) is 0. The first-order valence-corrected chi connectivity index (χ1v) is 4.72. The molecule has 0 heterocycles. The summed E-state index contributed by atoms with van der Waals surface area (Å²) in [4.78, 5) is 11.0. The van der Waals surface area contributed by atoms with Gasteiger partial charge in [-0.15, -0.1) is 6.42 Å². The molecule has 68 valence electrons. The second-order valence-electron chi connectivity index (χ2n) is 2.20. The summed E-state index contributed by atoms with van der Waals surface area (Å²) >= 11 is 1.92. The zero-order valence-electron chi connectivity index (χ0n) is 7.05. The Bertz CT molecular complexity index is 176. The number of carbonyl (C=O) groups is 1. The summed E-state index contributed by atoms with van der Waals surface area (Å²) in [6, 6.07) is 0. The quantitative estimate of drug-likeness (QED) is 0.449. The van der Waals surface area contributed by atoms with Crippen LogP contribution in [0.4, 0.5) is 4.79 Å². The number of amides is 1. The highest BCUT2D eigenvalue weighted by atomic mass is 127. The lowest BCUT2D eigenvalue weighted by Crippen LogP contribution is -2.22. The first-order valence-electron chi connectivity index (χ1n) is 3.76. The van der Waals surface area contributed by atoms with Crippen molar-refractivity contribution in [3.05, 3.63) is 0 Å². The standard InChI is InChI=1S/C8H12INO2/c1-3-5-6-10(9)8(11)12-7-4-2/h2H,3,5-7H2,1H3. The van der Waals surface area contributed by atoms with Gasteiger partial charge >= 0.3 is 6.09 Å². The van der Waals surface area contributed by atoms with Crippen LogP contribution in [0.1, 0.15) is 19.8 Å². The maximum Gasteiger partial charge on any atom is 0.419 e. The topological polar surface area (TPSA) is 29.5 Å². The summed E-state index contributed by atoms with van der Waals surface area (Å²) in [6.45, 7) is 2.82. The van der Waals surface area contributed by atoms with Gasteiger partial charge in [0.2, 0.25) is 0 Å². The van der Waals surface area contributed by atoms with Crippen molar-refractivity contribution in [2.45, 2.75) is 19.8 Å². The number of terminal acetylenes is 1. The number of unbranched alkanes of at least 4 members (excludes halogenated alkanes) is 1. The number of hydrogen-bond donors (Lipinski definition) is 0. The summed E-state index contributed by atoms with van der Waals surface area (Å²) < 4.78 is 6.19. The van der Waals surface area contributed by atoms with Crippen LogP contribution in [0, 0.1) is 12.3 Å². The van der Waals surface area contributed by atoms with Crippen LogP contribution in [0.5, 0.6) is 0 Å². The van der Waals surface area contributed by atoms with Crippen LogP contribution in [-0.2, 0) is 4.74 Å². The molecule has 0 spiro atoms. The number of nitrogens with zero attached hydrogens (tertiary/aromatic N) is 1. The van der Waals surface area contributed by atoms with Crippen molar-refractivity contribution in [2.75, 3.05) is 13.2 Å². The van der Waals surface area contributed by atoms with E-state index >= 15 is 0 Å². The second-order valence-corrected chi connectivity index (χ2v) is 3.36. The van der Waals surface area contributed by atoms with Gasteiger partial charge in [-0.3, -0.25) is 0 Å². The van der Waals surface area contributed by atoms with Gasteiger partial charge in [-0.2, -0.15) is 0 Å². The Morgan fingerprint density at radius 3 is 2.92 bits per heavy atom. The Hall–Kier alpha value is -0.440. The minimum absolute atomic E-state index is 0.0461. The van der Waals surface area contributed by atoms with Crippen molar-refractivity contribution in [3.63, 3.8) is 0 Å². The smallest absolute Gasteiger partial charge is 0.419 e. The highest BCUT2D eigenvalue weighted by Gasteiger charge is 2.09. The average molecular weight is 281 g/mol. The number of hydrogen-bond acceptors (Lipinski definition) is 2. The zero-order chi connectivity index (χ0) is 9.40. The molecule has 0 rings (SSSR count). The third-order valence-corrected chi connectivity index (χ3v) is 2.06.